The zero-order valence-electron chi connectivity index (χ0n) is 8.12. The molecule has 2 aromatic rings. The van der Waals surface area contributed by atoms with Crippen LogP contribution in [0.2, 0.25) is 0 Å². The molecular formula is C10H10BrN3O. The van der Waals surface area contributed by atoms with Crippen LogP contribution >= 0.6 is 15.9 Å². The number of benzene rings is 1. The molecule has 1 heterocycles. The lowest BCUT2D eigenvalue weighted by molar-refractivity contribution is 0.866. The fourth-order valence-electron chi connectivity index (χ4n) is 1.47. The van der Waals surface area contributed by atoms with Crippen LogP contribution in [-0.4, -0.2) is 9.78 Å². The zero-order valence-corrected chi connectivity index (χ0v) is 9.71. The maximum Gasteiger partial charge on any atom is 0.266 e. The van der Waals surface area contributed by atoms with E-state index in [0.717, 1.165) is 15.7 Å². The summed E-state index contributed by atoms with van der Waals surface area (Å²) >= 11 is 3.38. The van der Waals surface area contributed by atoms with Crippen LogP contribution in [0.1, 0.15) is 5.56 Å². The van der Waals surface area contributed by atoms with E-state index in [1.165, 1.54) is 6.07 Å². The van der Waals surface area contributed by atoms with E-state index in [9.17, 15) is 4.79 Å². The highest BCUT2D eigenvalue weighted by atomic mass is 79.9. The molecule has 0 saturated heterocycles. The van der Waals surface area contributed by atoms with E-state index in [4.69, 9.17) is 5.73 Å². The number of rotatable bonds is 1. The third-order valence-electron chi connectivity index (χ3n) is 2.16. The molecule has 0 saturated carbocycles. The maximum atomic E-state index is 11.1. The third-order valence-corrected chi connectivity index (χ3v) is 2.65. The van der Waals surface area contributed by atoms with Crippen molar-refractivity contribution in [3.63, 3.8) is 0 Å². The number of H-pyrrole nitrogens is 1. The smallest absolute Gasteiger partial charge is 0.266 e. The van der Waals surface area contributed by atoms with Crippen molar-refractivity contribution < 1.29 is 0 Å². The molecule has 0 amide bonds. The summed E-state index contributed by atoms with van der Waals surface area (Å²) in [6, 6.07) is 7.13. The van der Waals surface area contributed by atoms with Gasteiger partial charge in [-0.3, -0.25) is 9.89 Å². The van der Waals surface area contributed by atoms with Gasteiger partial charge in [0.1, 0.15) is 5.82 Å². The van der Waals surface area contributed by atoms with Crippen molar-refractivity contribution in [1.29, 1.82) is 0 Å². The number of nitrogens with one attached hydrogen (secondary N) is 1. The summed E-state index contributed by atoms with van der Waals surface area (Å²) in [5, 5.41) is 2.64. The van der Waals surface area contributed by atoms with Crippen molar-refractivity contribution in [2.24, 2.45) is 0 Å². The number of anilines is 1. The molecule has 3 N–H and O–H groups in total. The molecule has 2 rings (SSSR count). The third kappa shape index (κ3) is 1.83. The van der Waals surface area contributed by atoms with E-state index in [-0.39, 0.29) is 5.56 Å². The number of nitrogens with two attached hydrogens (primary N) is 1. The Bertz CT molecular complexity index is 556. The molecule has 5 heteroatoms. The van der Waals surface area contributed by atoms with Crippen molar-refractivity contribution in [1.82, 2.24) is 9.78 Å². The van der Waals surface area contributed by atoms with E-state index in [0.29, 0.717) is 5.82 Å². The average Bonchev–Trinajstić information content (AvgIpc) is 2.45. The van der Waals surface area contributed by atoms with Crippen LogP contribution in [0.3, 0.4) is 0 Å². The molecule has 0 spiro atoms. The fourth-order valence-corrected chi connectivity index (χ4v) is 1.95. The van der Waals surface area contributed by atoms with Gasteiger partial charge >= 0.3 is 0 Å². The molecule has 0 fully saturated rings. The Kier molecular flexibility index (Phi) is 2.40. The monoisotopic (exact) mass is 267 g/mol. The Morgan fingerprint density at radius 3 is 2.67 bits per heavy atom. The van der Waals surface area contributed by atoms with Crippen molar-refractivity contribution in [3.8, 4) is 5.69 Å². The molecule has 15 heavy (non-hydrogen) atoms. The van der Waals surface area contributed by atoms with Gasteiger partial charge in [-0.05, 0) is 30.7 Å². The van der Waals surface area contributed by atoms with Gasteiger partial charge in [-0.1, -0.05) is 15.9 Å². The van der Waals surface area contributed by atoms with E-state index < -0.39 is 0 Å². The zero-order chi connectivity index (χ0) is 11.0. The Balaban J connectivity index is 2.64. The molecule has 78 valence electrons. The number of hydrogen-bond acceptors (Lipinski definition) is 2. The number of halogens is 1. The lowest BCUT2D eigenvalue weighted by Crippen LogP contribution is -2.06. The minimum atomic E-state index is -0.199. The number of aryl methyl sites for hydroxylation is 1. The highest BCUT2D eigenvalue weighted by Crippen LogP contribution is 2.19. The number of nitrogen functional groups attached to an aromatic ring is 1. The van der Waals surface area contributed by atoms with Gasteiger partial charge in [0.25, 0.3) is 5.56 Å². The number of aromatic amines is 1. The molecule has 4 nitrogen and oxygen atoms in total. The number of hydrogen-bond donors (Lipinski definition) is 2. The summed E-state index contributed by atoms with van der Waals surface area (Å²) in [6.45, 7) is 1.96. The van der Waals surface area contributed by atoms with Crippen molar-refractivity contribution in [3.05, 3.63) is 44.7 Å². The predicted molar refractivity (Wildman–Crippen MR) is 63.2 cm³/mol. The van der Waals surface area contributed by atoms with Gasteiger partial charge in [0.05, 0.1) is 5.69 Å². The minimum absolute atomic E-state index is 0.199. The van der Waals surface area contributed by atoms with Crippen LogP contribution < -0.4 is 11.3 Å². The summed E-state index contributed by atoms with van der Waals surface area (Å²) in [5.41, 5.74) is 7.40. The van der Waals surface area contributed by atoms with Gasteiger partial charge in [0.15, 0.2) is 0 Å². The summed E-state index contributed by atoms with van der Waals surface area (Å²) < 4.78 is 2.57. The summed E-state index contributed by atoms with van der Waals surface area (Å²) in [7, 11) is 0. The molecule has 0 aliphatic carbocycles. The van der Waals surface area contributed by atoms with Crippen LogP contribution in [0.5, 0.6) is 0 Å². The van der Waals surface area contributed by atoms with E-state index in [1.807, 2.05) is 25.1 Å². The maximum absolute atomic E-state index is 11.1. The predicted octanol–water partition coefficient (Wildman–Crippen LogP) is 1.82. The van der Waals surface area contributed by atoms with Crippen LogP contribution in [0, 0.1) is 6.92 Å². The Morgan fingerprint density at radius 1 is 1.40 bits per heavy atom. The van der Waals surface area contributed by atoms with Crippen LogP contribution in [-0.2, 0) is 0 Å². The first-order chi connectivity index (χ1) is 7.08. The van der Waals surface area contributed by atoms with Gasteiger partial charge in [0, 0.05) is 10.5 Å². The van der Waals surface area contributed by atoms with Crippen LogP contribution in [0.25, 0.3) is 5.69 Å². The minimum Gasteiger partial charge on any atom is -0.384 e. The lowest BCUT2D eigenvalue weighted by atomic mass is 10.2. The standard InChI is InChI=1S/C10H10BrN3O/c1-6-4-7(11)2-3-8(6)14-9(12)5-10(15)13-14/h2-5H,12H2,1H3,(H,13,15). The van der Waals surface area contributed by atoms with Crippen molar-refractivity contribution >= 4 is 21.7 Å². The molecule has 0 bridgehead atoms. The number of aromatic nitrogens is 2. The second-order valence-electron chi connectivity index (χ2n) is 3.31. The van der Waals surface area contributed by atoms with E-state index >= 15 is 0 Å². The van der Waals surface area contributed by atoms with Gasteiger partial charge in [-0.2, -0.15) is 0 Å². The second-order valence-corrected chi connectivity index (χ2v) is 4.23. The van der Waals surface area contributed by atoms with Crippen molar-refractivity contribution in [2.45, 2.75) is 6.92 Å². The molecule has 0 aliphatic rings. The van der Waals surface area contributed by atoms with E-state index in [2.05, 4.69) is 21.0 Å². The fraction of sp³-hybridized carbons (Fsp3) is 0.100. The average molecular weight is 268 g/mol. The Hall–Kier alpha value is -1.49. The Morgan fingerprint density at radius 2 is 2.13 bits per heavy atom. The molecule has 1 aromatic heterocycles. The first-order valence-electron chi connectivity index (χ1n) is 4.42. The molecule has 0 unspecified atom stereocenters. The van der Waals surface area contributed by atoms with Gasteiger partial charge in [-0.25, -0.2) is 4.68 Å². The molecular weight excluding hydrogens is 258 g/mol. The topological polar surface area (TPSA) is 63.8 Å². The molecule has 1 aromatic carbocycles. The molecule has 0 aliphatic heterocycles. The van der Waals surface area contributed by atoms with Gasteiger partial charge in [-0.15, -0.1) is 0 Å². The van der Waals surface area contributed by atoms with E-state index in [1.54, 1.807) is 4.68 Å². The SMILES string of the molecule is Cc1cc(Br)ccc1-n1[nH]c(=O)cc1N. The van der Waals surface area contributed by atoms with Crippen LogP contribution in [0.4, 0.5) is 5.82 Å². The lowest BCUT2D eigenvalue weighted by Gasteiger charge is -2.08. The number of nitrogens with zero attached hydrogens (tertiary/aromatic N) is 1. The Labute approximate surface area is 94.8 Å². The second kappa shape index (κ2) is 3.58. The van der Waals surface area contributed by atoms with Gasteiger partial charge in [0.2, 0.25) is 0 Å². The summed E-state index contributed by atoms with van der Waals surface area (Å²) in [6.07, 6.45) is 0. The molecule has 0 radical (unpaired) electrons. The van der Waals surface area contributed by atoms with Crippen LogP contribution in [0.15, 0.2) is 33.5 Å². The summed E-state index contributed by atoms with van der Waals surface area (Å²) in [4.78, 5) is 11.1. The first kappa shape index (κ1) is 10.0. The molecule has 0 atom stereocenters. The van der Waals surface area contributed by atoms with Gasteiger partial charge < -0.3 is 5.73 Å². The summed E-state index contributed by atoms with van der Waals surface area (Å²) in [5.74, 6) is 0.408. The quantitative estimate of drug-likeness (QED) is 0.828. The first-order valence-corrected chi connectivity index (χ1v) is 5.21. The highest BCUT2D eigenvalue weighted by Gasteiger charge is 2.05. The highest BCUT2D eigenvalue weighted by molar-refractivity contribution is 9.10. The normalized spacial score (nSPS) is 10.5. The van der Waals surface area contributed by atoms with Crippen molar-refractivity contribution in [2.75, 3.05) is 5.73 Å². The largest absolute Gasteiger partial charge is 0.384 e.